The van der Waals surface area contributed by atoms with Gasteiger partial charge in [-0.1, -0.05) is 44.2 Å². The van der Waals surface area contributed by atoms with Gasteiger partial charge in [0.1, 0.15) is 12.1 Å². The van der Waals surface area contributed by atoms with Crippen molar-refractivity contribution < 1.29 is 34.2 Å². The lowest BCUT2D eigenvalue weighted by atomic mass is 10.0. The van der Waals surface area contributed by atoms with Gasteiger partial charge in [-0.05, 0) is 24.3 Å². The summed E-state index contributed by atoms with van der Waals surface area (Å²) in [5.41, 5.74) is 6.32. The molecule has 0 aliphatic carbocycles. The highest BCUT2D eigenvalue weighted by Crippen LogP contribution is 2.08. The third-order valence-corrected chi connectivity index (χ3v) is 4.69. The first-order chi connectivity index (χ1) is 15.5. The highest BCUT2D eigenvalue weighted by molar-refractivity contribution is 5.92. The van der Waals surface area contributed by atoms with E-state index in [1.807, 2.05) is 13.8 Å². The number of hydrogen-bond acceptors (Lipinski definition) is 6. The van der Waals surface area contributed by atoms with E-state index >= 15 is 0 Å². The van der Waals surface area contributed by atoms with Gasteiger partial charge in [-0.15, -0.1) is 0 Å². The molecule has 0 aliphatic rings. The first kappa shape index (κ1) is 27.6. The molecule has 0 saturated heterocycles. The van der Waals surface area contributed by atoms with Gasteiger partial charge < -0.3 is 31.9 Å². The standard InChI is InChI=1S/C22H32N4O7/c1-13(2)10-16(25-18(27)12-24-20(30)15(23)8-9-19(28)29)21(31)26-17(22(32)33)11-14-6-4-3-5-7-14/h3-7,13,15-17H,8-12,23H2,1-2H3,(H,24,30)(H,25,27)(H,26,31)(H,28,29)(H,32,33). The minimum absolute atomic E-state index is 0.0116. The molecular weight excluding hydrogens is 432 g/mol. The van der Waals surface area contributed by atoms with E-state index in [0.29, 0.717) is 0 Å². The van der Waals surface area contributed by atoms with Crippen LogP contribution in [0.25, 0.3) is 0 Å². The Hall–Kier alpha value is -3.47. The van der Waals surface area contributed by atoms with Crippen LogP contribution >= 0.6 is 0 Å². The molecule has 0 fully saturated rings. The minimum atomic E-state index is -1.20. The molecule has 11 heteroatoms. The highest BCUT2D eigenvalue weighted by atomic mass is 16.4. The number of aliphatic carboxylic acids is 2. The summed E-state index contributed by atoms with van der Waals surface area (Å²) in [5, 5.41) is 25.4. The van der Waals surface area contributed by atoms with E-state index in [9.17, 15) is 29.1 Å². The first-order valence-corrected chi connectivity index (χ1v) is 10.6. The molecule has 3 amide bonds. The summed E-state index contributed by atoms with van der Waals surface area (Å²) in [7, 11) is 0. The van der Waals surface area contributed by atoms with Gasteiger partial charge in [-0.2, -0.15) is 0 Å². The third-order valence-electron chi connectivity index (χ3n) is 4.69. The number of amides is 3. The van der Waals surface area contributed by atoms with Gasteiger partial charge in [0, 0.05) is 12.8 Å². The molecule has 0 aliphatic heterocycles. The van der Waals surface area contributed by atoms with Crippen LogP contribution in [0.3, 0.4) is 0 Å². The summed E-state index contributed by atoms with van der Waals surface area (Å²) in [4.78, 5) is 59.2. The Kier molecular flexibility index (Phi) is 11.6. The van der Waals surface area contributed by atoms with Crippen LogP contribution in [0.4, 0.5) is 0 Å². The zero-order chi connectivity index (χ0) is 25.0. The molecule has 0 aromatic heterocycles. The quantitative estimate of drug-likeness (QED) is 0.215. The number of benzene rings is 1. The Labute approximate surface area is 192 Å². The molecule has 33 heavy (non-hydrogen) atoms. The molecule has 11 nitrogen and oxygen atoms in total. The monoisotopic (exact) mass is 464 g/mol. The van der Waals surface area contributed by atoms with E-state index in [1.54, 1.807) is 30.3 Å². The van der Waals surface area contributed by atoms with Crippen molar-refractivity contribution in [3.8, 4) is 0 Å². The summed E-state index contributed by atoms with van der Waals surface area (Å²) in [6.45, 7) is 3.22. The minimum Gasteiger partial charge on any atom is -0.481 e. The summed E-state index contributed by atoms with van der Waals surface area (Å²) >= 11 is 0. The van der Waals surface area contributed by atoms with Crippen molar-refractivity contribution in [3.63, 3.8) is 0 Å². The Morgan fingerprint density at radius 3 is 2.12 bits per heavy atom. The zero-order valence-electron chi connectivity index (χ0n) is 18.7. The third kappa shape index (κ3) is 11.1. The number of carbonyl (C=O) groups is 5. The Morgan fingerprint density at radius 1 is 0.939 bits per heavy atom. The fourth-order valence-electron chi connectivity index (χ4n) is 2.98. The van der Waals surface area contributed by atoms with E-state index in [0.717, 1.165) is 5.56 Å². The van der Waals surface area contributed by atoms with E-state index < -0.39 is 54.3 Å². The lowest BCUT2D eigenvalue weighted by Gasteiger charge is -2.23. The molecule has 1 aromatic rings. The van der Waals surface area contributed by atoms with Crippen LogP contribution in [0, 0.1) is 5.92 Å². The Morgan fingerprint density at radius 2 is 1.58 bits per heavy atom. The van der Waals surface area contributed by atoms with E-state index in [4.69, 9.17) is 10.8 Å². The SMILES string of the molecule is CC(C)CC(NC(=O)CNC(=O)C(N)CCC(=O)O)C(=O)NC(Cc1ccccc1)C(=O)O. The molecule has 182 valence electrons. The predicted octanol–water partition coefficient (Wildman–Crippen LogP) is -0.362. The zero-order valence-corrected chi connectivity index (χ0v) is 18.7. The van der Waals surface area contributed by atoms with Crippen molar-refractivity contribution in [1.82, 2.24) is 16.0 Å². The van der Waals surface area contributed by atoms with Gasteiger partial charge in [0.05, 0.1) is 12.6 Å². The van der Waals surface area contributed by atoms with Gasteiger partial charge in [-0.3, -0.25) is 19.2 Å². The number of nitrogens with two attached hydrogens (primary N) is 1. The Balaban J connectivity index is 2.70. The second-order valence-corrected chi connectivity index (χ2v) is 8.10. The maximum absolute atomic E-state index is 12.8. The van der Waals surface area contributed by atoms with Crippen LogP contribution in [0.5, 0.6) is 0 Å². The van der Waals surface area contributed by atoms with E-state index in [1.165, 1.54) is 0 Å². The molecule has 1 rings (SSSR count). The van der Waals surface area contributed by atoms with Crippen molar-refractivity contribution in [2.45, 2.75) is 57.7 Å². The van der Waals surface area contributed by atoms with Gasteiger partial charge in [0.2, 0.25) is 17.7 Å². The molecule has 0 spiro atoms. The number of carboxylic acid groups (broad SMARTS) is 2. The number of carboxylic acids is 2. The fraction of sp³-hybridized carbons (Fsp3) is 0.500. The number of rotatable bonds is 14. The largest absolute Gasteiger partial charge is 0.481 e. The van der Waals surface area contributed by atoms with Gasteiger partial charge in [-0.25, -0.2) is 4.79 Å². The van der Waals surface area contributed by atoms with Gasteiger partial charge >= 0.3 is 11.9 Å². The maximum atomic E-state index is 12.8. The van der Waals surface area contributed by atoms with Crippen LogP contribution in [0.15, 0.2) is 30.3 Å². The van der Waals surface area contributed by atoms with Crippen LogP contribution < -0.4 is 21.7 Å². The smallest absolute Gasteiger partial charge is 0.326 e. The molecule has 7 N–H and O–H groups in total. The van der Waals surface area contributed by atoms with Crippen LogP contribution in [0.2, 0.25) is 0 Å². The van der Waals surface area contributed by atoms with E-state index in [2.05, 4.69) is 16.0 Å². The van der Waals surface area contributed by atoms with Gasteiger partial charge in [0.15, 0.2) is 0 Å². The second kappa shape index (κ2) is 13.8. The van der Waals surface area contributed by atoms with Crippen molar-refractivity contribution in [2.75, 3.05) is 6.54 Å². The molecule has 0 radical (unpaired) electrons. The van der Waals surface area contributed by atoms with Crippen LogP contribution in [-0.4, -0.2) is 64.5 Å². The molecule has 1 aromatic carbocycles. The van der Waals surface area contributed by atoms with Crippen molar-refractivity contribution >= 4 is 29.7 Å². The van der Waals surface area contributed by atoms with Crippen molar-refractivity contribution in [2.24, 2.45) is 11.7 Å². The van der Waals surface area contributed by atoms with Crippen LogP contribution in [0.1, 0.15) is 38.7 Å². The topological polar surface area (TPSA) is 188 Å². The first-order valence-electron chi connectivity index (χ1n) is 10.6. The lowest BCUT2D eigenvalue weighted by Crippen LogP contribution is -2.54. The number of carbonyl (C=O) groups excluding carboxylic acids is 3. The fourth-order valence-corrected chi connectivity index (χ4v) is 2.98. The predicted molar refractivity (Wildman–Crippen MR) is 119 cm³/mol. The normalized spacial score (nSPS) is 13.5. The molecule has 3 unspecified atom stereocenters. The number of nitrogens with one attached hydrogen (secondary N) is 3. The Bertz CT molecular complexity index is 829. The van der Waals surface area contributed by atoms with Gasteiger partial charge in [0.25, 0.3) is 0 Å². The second-order valence-electron chi connectivity index (χ2n) is 8.10. The highest BCUT2D eigenvalue weighted by Gasteiger charge is 2.27. The summed E-state index contributed by atoms with van der Waals surface area (Å²) in [6.07, 6.45) is -0.0415. The van der Waals surface area contributed by atoms with Crippen molar-refractivity contribution in [1.29, 1.82) is 0 Å². The molecule has 0 heterocycles. The average Bonchev–Trinajstić information content (AvgIpc) is 2.75. The molecule has 3 atom stereocenters. The summed E-state index contributed by atoms with van der Waals surface area (Å²) < 4.78 is 0. The summed E-state index contributed by atoms with van der Waals surface area (Å²) in [6, 6.07) is 5.55. The van der Waals surface area contributed by atoms with Crippen LogP contribution in [-0.2, 0) is 30.4 Å². The summed E-state index contributed by atoms with van der Waals surface area (Å²) in [5.74, 6) is -4.29. The molecule has 0 bridgehead atoms. The van der Waals surface area contributed by atoms with Crippen molar-refractivity contribution in [3.05, 3.63) is 35.9 Å². The molecular formula is C22H32N4O7. The maximum Gasteiger partial charge on any atom is 0.326 e. The lowest BCUT2D eigenvalue weighted by molar-refractivity contribution is -0.142. The molecule has 0 saturated carbocycles. The van der Waals surface area contributed by atoms with E-state index in [-0.39, 0.29) is 31.6 Å². The average molecular weight is 465 g/mol. The number of hydrogen-bond donors (Lipinski definition) is 6.